The SMILES string of the molecule is CCN1CC(=O)N(CCCC(C)(C)CCCCOCCCCC(C)(C)CCC(=O)O)C1=O. The fourth-order valence-electron chi connectivity index (χ4n) is 4.19. The van der Waals surface area contributed by atoms with Crippen molar-refractivity contribution in [2.75, 3.05) is 32.8 Å². The molecule has 0 aromatic carbocycles. The molecule has 1 N–H and O–H groups in total. The number of urea groups is 1. The summed E-state index contributed by atoms with van der Waals surface area (Å²) < 4.78 is 5.77. The van der Waals surface area contributed by atoms with Gasteiger partial charge in [0.15, 0.2) is 0 Å². The van der Waals surface area contributed by atoms with Crippen LogP contribution in [0.3, 0.4) is 0 Å². The van der Waals surface area contributed by atoms with Crippen LogP contribution in [0, 0.1) is 10.8 Å². The number of hydrogen-bond donors (Lipinski definition) is 1. The lowest BCUT2D eigenvalue weighted by atomic mass is 9.82. The molecule has 0 unspecified atom stereocenters. The predicted octanol–water partition coefficient (Wildman–Crippen LogP) is 5.33. The molecule has 186 valence electrons. The van der Waals surface area contributed by atoms with Crippen molar-refractivity contribution in [3.05, 3.63) is 0 Å². The highest BCUT2D eigenvalue weighted by Crippen LogP contribution is 2.30. The summed E-state index contributed by atoms with van der Waals surface area (Å²) in [5.74, 6) is -0.791. The molecule has 1 fully saturated rings. The van der Waals surface area contributed by atoms with Crippen molar-refractivity contribution in [1.82, 2.24) is 9.80 Å². The van der Waals surface area contributed by atoms with Crippen molar-refractivity contribution < 1.29 is 24.2 Å². The Labute approximate surface area is 194 Å². The van der Waals surface area contributed by atoms with Gasteiger partial charge in [0.05, 0.1) is 0 Å². The summed E-state index contributed by atoms with van der Waals surface area (Å²) >= 11 is 0. The Hall–Kier alpha value is -1.63. The van der Waals surface area contributed by atoms with Crippen LogP contribution >= 0.6 is 0 Å². The smallest absolute Gasteiger partial charge is 0.327 e. The molecule has 0 spiro atoms. The first kappa shape index (κ1) is 28.4. The van der Waals surface area contributed by atoms with Gasteiger partial charge in [0, 0.05) is 32.7 Å². The van der Waals surface area contributed by atoms with Gasteiger partial charge in [-0.15, -0.1) is 0 Å². The number of amides is 3. The highest BCUT2D eigenvalue weighted by Gasteiger charge is 2.34. The van der Waals surface area contributed by atoms with Crippen LogP contribution in [0.25, 0.3) is 0 Å². The Bertz CT molecular complexity index is 603. The van der Waals surface area contributed by atoms with Gasteiger partial charge in [0.25, 0.3) is 0 Å². The summed E-state index contributed by atoms with van der Waals surface area (Å²) in [4.78, 5) is 37.8. The zero-order chi connectivity index (χ0) is 24.2. The maximum absolute atomic E-state index is 12.1. The van der Waals surface area contributed by atoms with Gasteiger partial charge in [0.1, 0.15) is 6.54 Å². The Balaban J connectivity index is 2.05. The van der Waals surface area contributed by atoms with Gasteiger partial charge < -0.3 is 14.7 Å². The Morgan fingerprint density at radius 1 is 0.906 bits per heavy atom. The van der Waals surface area contributed by atoms with E-state index in [-0.39, 0.29) is 35.7 Å². The second kappa shape index (κ2) is 13.8. The third kappa shape index (κ3) is 11.3. The summed E-state index contributed by atoms with van der Waals surface area (Å²) in [7, 11) is 0. The lowest BCUT2D eigenvalue weighted by Crippen LogP contribution is -2.34. The van der Waals surface area contributed by atoms with Crippen LogP contribution in [0.5, 0.6) is 0 Å². The number of imide groups is 1. The topological polar surface area (TPSA) is 87.2 Å². The van der Waals surface area contributed by atoms with E-state index in [1.54, 1.807) is 4.90 Å². The number of carbonyl (C=O) groups excluding carboxylic acids is 2. The minimum atomic E-state index is -0.718. The first-order valence-electron chi connectivity index (χ1n) is 12.4. The standard InChI is InChI=1S/C25H46N2O5/c1-6-26-20-21(28)27(23(26)31)17-11-15-24(2,3)13-7-9-18-32-19-10-8-14-25(4,5)16-12-22(29)30/h6-20H2,1-5H3,(H,29,30). The summed E-state index contributed by atoms with van der Waals surface area (Å²) in [6.07, 6.45) is 9.19. The summed E-state index contributed by atoms with van der Waals surface area (Å²) in [6, 6.07) is -0.142. The molecule has 7 heteroatoms. The average Bonchev–Trinajstić information content (AvgIpc) is 2.98. The van der Waals surface area contributed by atoms with Crippen molar-refractivity contribution in [1.29, 1.82) is 0 Å². The number of aliphatic carboxylic acids is 1. The van der Waals surface area contributed by atoms with Crippen molar-refractivity contribution >= 4 is 17.9 Å². The summed E-state index contributed by atoms with van der Waals surface area (Å²) in [5, 5.41) is 8.82. The first-order chi connectivity index (χ1) is 15.0. The molecule has 1 aliphatic heterocycles. The molecule has 0 saturated carbocycles. The molecule has 1 rings (SSSR count). The predicted molar refractivity (Wildman–Crippen MR) is 127 cm³/mol. The van der Waals surface area contributed by atoms with Crippen LogP contribution in [0.2, 0.25) is 0 Å². The normalized spacial score (nSPS) is 15.2. The molecule has 1 heterocycles. The molecular weight excluding hydrogens is 408 g/mol. The number of hydrogen-bond acceptors (Lipinski definition) is 4. The zero-order valence-corrected chi connectivity index (χ0v) is 21.1. The molecule has 1 aliphatic rings. The molecule has 0 aromatic heterocycles. The molecule has 1 saturated heterocycles. The van der Waals surface area contributed by atoms with E-state index in [0.29, 0.717) is 13.1 Å². The molecule has 0 aromatic rings. The fraction of sp³-hybridized carbons (Fsp3) is 0.880. The largest absolute Gasteiger partial charge is 0.481 e. The van der Waals surface area contributed by atoms with Crippen LogP contribution in [-0.2, 0) is 14.3 Å². The average molecular weight is 455 g/mol. The fourth-order valence-corrected chi connectivity index (χ4v) is 4.19. The Kier molecular flexibility index (Phi) is 12.3. The number of ether oxygens (including phenoxy) is 1. The van der Waals surface area contributed by atoms with Crippen molar-refractivity contribution in [2.45, 2.75) is 98.8 Å². The number of carboxylic acids is 1. The number of rotatable bonds is 18. The third-order valence-corrected chi connectivity index (χ3v) is 6.55. The molecule has 3 amide bonds. The van der Waals surface area contributed by atoms with Crippen molar-refractivity contribution in [3.63, 3.8) is 0 Å². The van der Waals surface area contributed by atoms with E-state index in [9.17, 15) is 14.4 Å². The molecular formula is C25H46N2O5. The van der Waals surface area contributed by atoms with Gasteiger partial charge in [-0.05, 0) is 62.7 Å². The van der Waals surface area contributed by atoms with E-state index in [4.69, 9.17) is 9.84 Å². The van der Waals surface area contributed by atoms with E-state index >= 15 is 0 Å². The number of carbonyl (C=O) groups is 3. The minimum Gasteiger partial charge on any atom is -0.481 e. The Morgan fingerprint density at radius 3 is 1.94 bits per heavy atom. The van der Waals surface area contributed by atoms with Gasteiger partial charge in [-0.3, -0.25) is 14.5 Å². The van der Waals surface area contributed by atoms with Crippen LogP contribution in [0.1, 0.15) is 98.8 Å². The molecule has 0 radical (unpaired) electrons. The highest BCUT2D eigenvalue weighted by atomic mass is 16.5. The van der Waals surface area contributed by atoms with Gasteiger partial charge in [-0.1, -0.05) is 40.5 Å². The second-order valence-corrected chi connectivity index (χ2v) is 10.7. The van der Waals surface area contributed by atoms with Crippen LogP contribution in [0.15, 0.2) is 0 Å². The quantitative estimate of drug-likeness (QED) is 0.224. The first-order valence-corrected chi connectivity index (χ1v) is 12.4. The maximum Gasteiger partial charge on any atom is 0.327 e. The number of nitrogens with zero attached hydrogens (tertiary/aromatic N) is 2. The van der Waals surface area contributed by atoms with Crippen LogP contribution in [-0.4, -0.2) is 65.7 Å². The minimum absolute atomic E-state index is 0.0735. The van der Waals surface area contributed by atoms with E-state index in [1.165, 1.54) is 4.90 Å². The number of carboxylic acid groups (broad SMARTS) is 1. The van der Waals surface area contributed by atoms with E-state index in [2.05, 4.69) is 27.7 Å². The zero-order valence-electron chi connectivity index (χ0n) is 21.1. The molecule has 0 aliphatic carbocycles. The lowest BCUT2D eigenvalue weighted by Gasteiger charge is -2.25. The second-order valence-electron chi connectivity index (χ2n) is 10.7. The third-order valence-electron chi connectivity index (χ3n) is 6.55. The van der Waals surface area contributed by atoms with Gasteiger partial charge in [-0.25, -0.2) is 4.79 Å². The highest BCUT2D eigenvalue weighted by molar-refractivity contribution is 6.01. The van der Waals surface area contributed by atoms with Crippen molar-refractivity contribution in [2.24, 2.45) is 10.8 Å². The number of unbranched alkanes of at least 4 members (excludes halogenated alkanes) is 2. The van der Waals surface area contributed by atoms with Crippen molar-refractivity contribution in [3.8, 4) is 0 Å². The summed E-state index contributed by atoms with van der Waals surface area (Å²) in [5.41, 5.74) is 0.270. The Morgan fingerprint density at radius 2 is 1.44 bits per heavy atom. The van der Waals surface area contributed by atoms with E-state index in [0.717, 1.165) is 71.0 Å². The molecule has 0 atom stereocenters. The van der Waals surface area contributed by atoms with Gasteiger partial charge >= 0.3 is 12.0 Å². The van der Waals surface area contributed by atoms with Crippen LogP contribution < -0.4 is 0 Å². The lowest BCUT2D eigenvalue weighted by molar-refractivity contribution is -0.137. The number of likely N-dealkylation sites (N-methyl/N-ethyl adjacent to an activating group) is 1. The molecule has 32 heavy (non-hydrogen) atoms. The van der Waals surface area contributed by atoms with Crippen LogP contribution in [0.4, 0.5) is 4.79 Å². The molecule has 0 bridgehead atoms. The van der Waals surface area contributed by atoms with Gasteiger partial charge in [0.2, 0.25) is 5.91 Å². The maximum atomic E-state index is 12.1. The monoisotopic (exact) mass is 454 g/mol. The summed E-state index contributed by atoms with van der Waals surface area (Å²) in [6.45, 7) is 13.6. The van der Waals surface area contributed by atoms with Gasteiger partial charge in [-0.2, -0.15) is 0 Å². The van der Waals surface area contributed by atoms with E-state index in [1.807, 2.05) is 6.92 Å². The molecule has 7 nitrogen and oxygen atoms in total. The van der Waals surface area contributed by atoms with E-state index < -0.39 is 5.97 Å².